The highest BCUT2D eigenvalue weighted by Crippen LogP contribution is 2.38. The van der Waals surface area contributed by atoms with E-state index < -0.39 is 55.3 Å². The first-order chi connectivity index (χ1) is 21.6. The third kappa shape index (κ3) is 7.20. The van der Waals surface area contributed by atoms with E-state index in [0.29, 0.717) is 41.4 Å². The number of aliphatic hydroxyl groups excluding tert-OH is 6. The molecule has 3 aromatic rings. The van der Waals surface area contributed by atoms with Gasteiger partial charge in [0, 0.05) is 10.9 Å². The van der Waals surface area contributed by atoms with Crippen LogP contribution in [0.1, 0.15) is 12.0 Å². The average molecular weight is 637 g/mol. The second-order valence-corrected chi connectivity index (χ2v) is 11.0. The Kier molecular flexibility index (Phi) is 10.8. The van der Waals surface area contributed by atoms with E-state index in [1.54, 1.807) is 27.4 Å². The number of aryl methyl sites for hydroxylation is 1. The van der Waals surface area contributed by atoms with Crippen molar-refractivity contribution in [3.05, 3.63) is 42.0 Å². The molecule has 14 nitrogen and oxygen atoms in total. The lowest BCUT2D eigenvalue weighted by Crippen LogP contribution is -2.60. The van der Waals surface area contributed by atoms with Gasteiger partial charge in [-0.15, -0.1) is 0 Å². The number of benzene rings is 2. The first kappa shape index (κ1) is 33.3. The number of hydrogen-bond donors (Lipinski definition) is 6. The molecular weight excluding hydrogens is 596 g/mol. The van der Waals surface area contributed by atoms with E-state index in [0.717, 1.165) is 16.5 Å². The molecule has 0 unspecified atom stereocenters. The van der Waals surface area contributed by atoms with Crippen LogP contribution in [-0.4, -0.2) is 127 Å². The monoisotopic (exact) mass is 636 g/mol. The molecule has 2 saturated heterocycles. The minimum Gasteiger partial charge on any atom is -0.493 e. The van der Waals surface area contributed by atoms with Crippen LogP contribution in [0.4, 0.5) is 0 Å². The van der Waals surface area contributed by atoms with Crippen LogP contribution in [0.3, 0.4) is 0 Å². The predicted molar refractivity (Wildman–Crippen MR) is 156 cm³/mol. The Morgan fingerprint density at radius 2 is 1.47 bits per heavy atom. The van der Waals surface area contributed by atoms with Crippen molar-refractivity contribution in [3.63, 3.8) is 0 Å². The zero-order valence-electron chi connectivity index (χ0n) is 25.1. The second kappa shape index (κ2) is 14.6. The molecule has 0 spiro atoms. The van der Waals surface area contributed by atoms with Crippen molar-refractivity contribution in [2.75, 3.05) is 41.2 Å². The highest BCUT2D eigenvalue weighted by molar-refractivity contribution is 5.88. The minimum atomic E-state index is -1.59. The maximum Gasteiger partial charge on any atom is 0.186 e. The molecule has 0 saturated carbocycles. The lowest BCUT2D eigenvalue weighted by Gasteiger charge is -2.41. The Hall–Kier alpha value is -3.02. The van der Waals surface area contributed by atoms with Crippen LogP contribution in [0, 0.1) is 0 Å². The summed E-state index contributed by atoms with van der Waals surface area (Å²) >= 11 is 0. The molecule has 9 atom stereocenters. The van der Waals surface area contributed by atoms with Crippen molar-refractivity contribution in [3.8, 4) is 28.6 Å². The first-order valence-corrected chi connectivity index (χ1v) is 14.6. The van der Waals surface area contributed by atoms with E-state index in [1.165, 1.54) is 0 Å². The van der Waals surface area contributed by atoms with Gasteiger partial charge in [-0.1, -0.05) is 0 Å². The summed E-state index contributed by atoms with van der Waals surface area (Å²) < 4.78 is 44.5. The summed E-state index contributed by atoms with van der Waals surface area (Å²) in [6.45, 7) is -0.469. The zero-order valence-corrected chi connectivity index (χ0v) is 25.1. The van der Waals surface area contributed by atoms with Crippen LogP contribution >= 0.6 is 0 Å². The van der Waals surface area contributed by atoms with E-state index in [4.69, 9.17) is 37.6 Å². The fraction of sp³-hybridized carbons (Fsp3) is 0.548. The summed E-state index contributed by atoms with van der Waals surface area (Å²) in [7, 11) is 4.70. The molecule has 2 aliphatic heterocycles. The normalized spacial score (nSPS) is 30.4. The summed E-state index contributed by atoms with van der Waals surface area (Å²) in [5.74, 6) is 2.38. The molecule has 0 bridgehead atoms. The standard InChI is InChI=1S/C31H40O14/c1-38-19-7-6-16(11-21(19)39-2)20-12-17-9-15(10-22(40-3)29(17)44-20)5-4-8-41-31-28(37)26(35)25(34)23(45-31)14-43-30-27(36)24(33)18(32)13-42-30/h6-7,9-12,18,23-28,30-37H,4-5,8,13-14H2,1-3H3/t18-,23+,24-,25-,26-,27-,28-,30-,31-/m1/s1. The molecule has 248 valence electrons. The molecule has 1 aromatic heterocycles. The summed E-state index contributed by atoms with van der Waals surface area (Å²) in [4.78, 5) is 0. The Morgan fingerprint density at radius 1 is 0.733 bits per heavy atom. The number of rotatable bonds is 12. The Bertz CT molecular complexity index is 1410. The molecule has 14 heteroatoms. The molecule has 0 aliphatic carbocycles. The Balaban J connectivity index is 1.18. The topological polar surface area (TPSA) is 199 Å². The van der Waals surface area contributed by atoms with E-state index in [2.05, 4.69) is 0 Å². The Labute approximate surface area is 259 Å². The van der Waals surface area contributed by atoms with Gasteiger partial charge in [-0.05, 0) is 54.8 Å². The lowest BCUT2D eigenvalue weighted by atomic mass is 9.99. The molecule has 3 heterocycles. The number of furan rings is 1. The van der Waals surface area contributed by atoms with Gasteiger partial charge >= 0.3 is 0 Å². The lowest BCUT2D eigenvalue weighted by molar-refractivity contribution is -0.320. The van der Waals surface area contributed by atoms with Crippen LogP contribution in [0.15, 0.2) is 40.8 Å². The fourth-order valence-corrected chi connectivity index (χ4v) is 5.39. The maximum absolute atomic E-state index is 10.4. The van der Waals surface area contributed by atoms with E-state index in [-0.39, 0.29) is 19.8 Å². The van der Waals surface area contributed by atoms with Gasteiger partial charge in [0.15, 0.2) is 35.4 Å². The average Bonchev–Trinajstić information content (AvgIpc) is 3.49. The third-order valence-electron chi connectivity index (χ3n) is 7.97. The van der Waals surface area contributed by atoms with Crippen molar-refractivity contribution in [1.82, 2.24) is 0 Å². The summed E-state index contributed by atoms with van der Waals surface area (Å²) in [6.07, 6.45) is -11.5. The molecule has 5 rings (SSSR count). The van der Waals surface area contributed by atoms with Gasteiger partial charge in [-0.3, -0.25) is 0 Å². The summed E-state index contributed by atoms with van der Waals surface area (Å²) in [6, 6.07) is 11.3. The van der Waals surface area contributed by atoms with Crippen molar-refractivity contribution < 1.29 is 68.2 Å². The molecule has 2 aromatic carbocycles. The molecule has 2 aliphatic rings. The number of aliphatic hydroxyl groups is 6. The van der Waals surface area contributed by atoms with Crippen LogP contribution in [0.5, 0.6) is 17.2 Å². The predicted octanol–water partition coefficient (Wildman–Crippen LogP) is 0.338. The first-order valence-electron chi connectivity index (χ1n) is 14.6. The largest absolute Gasteiger partial charge is 0.493 e. The van der Waals surface area contributed by atoms with E-state index in [9.17, 15) is 30.6 Å². The van der Waals surface area contributed by atoms with Gasteiger partial charge in [-0.25, -0.2) is 0 Å². The van der Waals surface area contributed by atoms with E-state index >= 15 is 0 Å². The van der Waals surface area contributed by atoms with Crippen LogP contribution in [-0.2, 0) is 25.4 Å². The number of hydrogen-bond acceptors (Lipinski definition) is 14. The SMILES string of the molecule is COc1ccc(-c2cc3cc(CCCO[C@@H]4O[C@@H](CO[C@H]5OC[C@@H](O)[C@@H](O)[C@H]5O)[C@@H](O)[C@@H](O)[C@H]4O)cc(OC)c3o2)cc1OC. The Morgan fingerprint density at radius 3 is 2.20 bits per heavy atom. The second-order valence-electron chi connectivity index (χ2n) is 11.0. The fourth-order valence-electron chi connectivity index (χ4n) is 5.39. The van der Waals surface area contributed by atoms with Crippen LogP contribution in [0.2, 0.25) is 0 Å². The number of methoxy groups -OCH3 is 3. The van der Waals surface area contributed by atoms with Crippen LogP contribution in [0.25, 0.3) is 22.3 Å². The summed E-state index contributed by atoms with van der Waals surface area (Å²) in [5, 5.41) is 61.6. The molecule has 0 amide bonds. The molecule has 45 heavy (non-hydrogen) atoms. The van der Waals surface area contributed by atoms with Gasteiger partial charge in [0.25, 0.3) is 0 Å². The van der Waals surface area contributed by atoms with Gasteiger partial charge in [0.1, 0.15) is 48.5 Å². The van der Waals surface area contributed by atoms with Gasteiger partial charge in [-0.2, -0.15) is 0 Å². The maximum atomic E-state index is 10.4. The molecular formula is C31H40O14. The smallest absolute Gasteiger partial charge is 0.186 e. The minimum absolute atomic E-state index is 0.148. The molecule has 0 radical (unpaired) electrons. The zero-order chi connectivity index (χ0) is 32.2. The van der Waals surface area contributed by atoms with Gasteiger partial charge in [0.2, 0.25) is 0 Å². The van der Waals surface area contributed by atoms with Crippen molar-refractivity contribution in [2.45, 2.75) is 68.1 Å². The van der Waals surface area contributed by atoms with E-state index in [1.807, 2.05) is 30.3 Å². The quantitative estimate of drug-likeness (QED) is 0.149. The molecule has 2 fully saturated rings. The number of fused-ring (bicyclic) bond motifs is 1. The van der Waals surface area contributed by atoms with Crippen molar-refractivity contribution in [1.29, 1.82) is 0 Å². The summed E-state index contributed by atoms with van der Waals surface area (Å²) in [5.41, 5.74) is 2.35. The van der Waals surface area contributed by atoms with Gasteiger partial charge in [0.05, 0.1) is 41.2 Å². The highest BCUT2D eigenvalue weighted by atomic mass is 16.7. The van der Waals surface area contributed by atoms with Crippen LogP contribution < -0.4 is 14.2 Å². The van der Waals surface area contributed by atoms with Crippen molar-refractivity contribution in [2.24, 2.45) is 0 Å². The number of ether oxygens (including phenoxy) is 7. The van der Waals surface area contributed by atoms with Crippen molar-refractivity contribution >= 4 is 11.0 Å². The van der Waals surface area contributed by atoms with Gasteiger partial charge < -0.3 is 68.2 Å². The third-order valence-corrected chi connectivity index (χ3v) is 7.97. The molecule has 6 N–H and O–H groups in total. The highest BCUT2D eigenvalue weighted by Gasteiger charge is 2.45.